The van der Waals surface area contributed by atoms with Gasteiger partial charge in [-0.2, -0.15) is 0 Å². The van der Waals surface area contributed by atoms with Crippen molar-refractivity contribution in [1.82, 2.24) is 0 Å². The largest absolute Gasteiger partial charge is 0.507 e. The normalized spacial score (nSPS) is 23.5. The van der Waals surface area contributed by atoms with Gasteiger partial charge in [-0.1, -0.05) is 50.2 Å². The molecule has 1 heterocycles. The van der Waals surface area contributed by atoms with Crippen LogP contribution in [0.2, 0.25) is 0 Å². The number of rotatable bonds is 3. The maximum absolute atomic E-state index is 13.1. The number of Topliss-reactive ketones (excluding diaryl/α,β-unsaturated/α-hetero) is 1. The maximum Gasteiger partial charge on any atom is 0.202 e. The first kappa shape index (κ1) is 39.3. The lowest BCUT2D eigenvalue weighted by Gasteiger charge is -2.34. The van der Waals surface area contributed by atoms with Crippen LogP contribution in [0.4, 0.5) is 0 Å². The predicted molar refractivity (Wildman–Crippen MR) is 181 cm³/mol. The summed E-state index contributed by atoms with van der Waals surface area (Å²) < 4.78 is 10.1. The summed E-state index contributed by atoms with van der Waals surface area (Å²) in [6.07, 6.45) is -2.03. The molecule has 6 rings (SSSR count). The van der Waals surface area contributed by atoms with Crippen LogP contribution in [-0.4, -0.2) is 91.8 Å². The van der Waals surface area contributed by atoms with E-state index < -0.39 is 53.5 Å². The van der Waals surface area contributed by atoms with Crippen molar-refractivity contribution >= 4 is 17.3 Å². The van der Waals surface area contributed by atoms with Gasteiger partial charge in [-0.05, 0) is 50.8 Å². The minimum Gasteiger partial charge on any atom is -0.507 e. The number of carbonyl (C=O) groups excluding carboxylic acids is 3. The van der Waals surface area contributed by atoms with Gasteiger partial charge < -0.3 is 45.8 Å². The average molecular weight is 682 g/mol. The second kappa shape index (κ2) is 16.5. The van der Waals surface area contributed by atoms with E-state index in [2.05, 4.69) is 38.1 Å². The Balaban J connectivity index is 0.000000264. The number of aryl methyl sites for hydroxylation is 2. The smallest absolute Gasteiger partial charge is 0.202 e. The van der Waals surface area contributed by atoms with Gasteiger partial charge >= 0.3 is 0 Å². The molecular weight excluding hydrogens is 634 g/mol. The number of ketones is 3. The summed E-state index contributed by atoms with van der Waals surface area (Å²) in [4.78, 5) is 38.2. The number of nitrogens with two attached hydrogens (primary N) is 1. The van der Waals surface area contributed by atoms with E-state index in [0.717, 1.165) is 0 Å². The summed E-state index contributed by atoms with van der Waals surface area (Å²) >= 11 is 0. The maximum atomic E-state index is 13.1. The first-order valence-electron chi connectivity index (χ1n) is 16.2. The molecular formula is C37H47NO11. The van der Waals surface area contributed by atoms with Crippen LogP contribution >= 0.6 is 0 Å². The second-order valence-corrected chi connectivity index (χ2v) is 12.0. The third-order valence-corrected chi connectivity index (χ3v) is 8.94. The third-order valence-electron chi connectivity index (χ3n) is 8.94. The number of benzene rings is 3. The summed E-state index contributed by atoms with van der Waals surface area (Å²) in [7, 11) is 1.35. The van der Waals surface area contributed by atoms with E-state index in [4.69, 9.17) is 25.4 Å². The van der Waals surface area contributed by atoms with Crippen LogP contribution in [0.3, 0.4) is 0 Å². The fourth-order valence-corrected chi connectivity index (χ4v) is 5.98. The lowest BCUT2D eigenvalue weighted by molar-refractivity contribution is -0.198. The molecule has 0 radical (unpaired) electrons. The fraction of sp³-hybridized carbons (Fsp3) is 0.432. The van der Waals surface area contributed by atoms with Crippen LogP contribution < -0.4 is 10.5 Å². The minimum absolute atomic E-state index is 0.00456. The van der Waals surface area contributed by atoms with Crippen molar-refractivity contribution in [2.45, 2.75) is 90.4 Å². The van der Waals surface area contributed by atoms with Gasteiger partial charge in [-0.3, -0.25) is 14.4 Å². The number of ether oxygens (including phenoxy) is 2. The Morgan fingerprint density at radius 3 is 2.04 bits per heavy atom. The Morgan fingerprint density at radius 2 is 1.51 bits per heavy atom. The second-order valence-electron chi connectivity index (χ2n) is 12.0. The highest BCUT2D eigenvalue weighted by Crippen LogP contribution is 2.48. The van der Waals surface area contributed by atoms with Crippen molar-refractivity contribution in [1.29, 1.82) is 0 Å². The standard InChI is InChI=1S/C21H18O8.C8H10.C6H13NO3.C2H6/c1-29-12-4-2-3-10-14(12)20(27)16-15(18(10)25)19(26)11-7-21(28,13(23)8-22)6-5-9(11)17(16)24;1-7-5-3-4-6-8(7)2;1-3-6(9)4(7)2-5(8)10-3;1-2/h2-4,22,24,26,28H,5-8H2,1H3;3-6H,1-2H3;3-6,8-9H,2,7H2,1H3;1-2H3/t21-;;;/m1.../s1. The molecule has 49 heavy (non-hydrogen) atoms. The van der Waals surface area contributed by atoms with Gasteiger partial charge in [0.2, 0.25) is 5.78 Å². The summed E-state index contributed by atoms with van der Waals surface area (Å²) in [5.74, 6) is -2.99. The lowest BCUT2D eigenvalue weighted by Crippen LogP contribution is -2.51. The van der Waals surface area contributed by atoms with Crippen molar-refractivity contribution in [3.8, 4) is 17.2 Å². The van der Waals surface area contributed by atoms with E-state index in [0.29, 0.717) is 6.42 Å². The van der Waals surface area contributed by atoms with Gasteiger partial charge in [0.05, 0.1) is 36.0 Å². The number of carbonyl (C=O) groups is 3. The minimum atomic E-state index is -1.93. The molecule has 0 spiro atoms. The molecule has 0 bridgehead atoms. The summed E-state index contributed by atoms with van der Waals surface area (Å²) in [6.45, 7) is 9.05. The van der Waals surface area contributed by atoms with Gasteiger partial charge in [-0.25, -0.2) is 0 Å². The van der Waals surface area contributed by atoms with Crippen molar-refractivity contribution < 1.29 is 54.5 Å². The number of fused-ring (bicyclic) bond motifs is 3. The highest BCUT2D eigenvalue weighted by Gasteiger charge is 2.45. The zero-order valence-electron chi connectivity index (χ0n) is 28.7. The highest BCUT2D eigenvalue weighted by molar-refractivity contribution is 6.31. The molecule has 1 aliphatic heterocycles. The number of hydrogen-bond donors (Lipinski definition) is 7. The number of phenols is 2. The molecule has 0 aromatic heterocycles. The van der Waals surface area contributed by atoms with E-state index in [1.807, 2.05) is 13.8 Å². The Hall–Kier alpha value is -4.17. The van der Waals surface area contributed by atoms with E-state index in [1.54, 1.807) is 6.92 Å². The van der Waals surface area contributed by atoms with Crippen LogP contribution in [0, 0.1) is 13.8 Å². The van der Waals surface area contributed by atoms with Gasteiger partial charge in [0.25, 0.3) is 0 Å². The summed E-state index contributed by atoms with van der Waals surface area (Å²) in [5.41, 5.74) is 5.83. The third kappa shape index (κ3) is 8.01. The molecule has 0 amide bonds. The van der Waals surface area contributed by atoms with Crippen LogP contribution in [0.5, 0.6) is 17.2 Å². The summed E-state index contributed by atoms with van der Waals surface area (Å²) in [5, 5.41) is 59.5. The molecule has 3 aromatic rings. The van der Waals surface area contributed by atoms with Gasteiger partial charge in [0.1, 0.15) is 29.5 Å². The lowest BCUT2D eigenvalue weighted by atomic mass is 9.73. The van der Waals surface area contributed by atoms with Crippen molar-refractivity contribution in [2.24, 2.45) is 5.73 Å². The summed E-state index contributed by atoms with van der Waals surface area (Å²) in [6, 6.07) is 12.5. The van der Waals surface area contributed by atoms with Gasteiger partial charge in [-0.15, -0.1) is 0 Å². The van der Waals surface area contributed by atoms with Crippen LogP contribution in [0.15, 0.2) is 42.5 Å². The first-order chi connectivity index (χ1) is 23.2. The SMILES string of the molecule is CC.CC1OC(O)CC(N)C1O.COc1cccc2c1C(=O)c1c(O)c3c(c(O)c1C2=O)C[C@@](O)(C(=O)CO)CC3.Cc1ccccc1C. The molecule has 12 nitrogen and oxygen atoms in total. The monoisotopic (exact) mass is 681 g/mol. The number of aromatic hydroxyl groups is 2. The molecule has 3 aromatic carbocycles. The number of aliphatic hydroxyl groups excluding tert-OH is 3. The molecule has 12 heteroatoms. The Morgan fingerprint density at radius 1 is 0.939 bits per heavy atom. The highest BCUT2D eigenvalue weighted by atomic mass is 16.6. The van der Waals surface area contributed by atoms with E-state index >= 15 is 0 Å². The molecule has 3 aliphatic rings. The zero-order chi connectivity index (χ0) is 36.8. The Kier molecular flexibility index (Phi) is 13.2. The average Bonchev–Trinajstić information content (AvgIpc) is 3.09. The van der Waals surface area contributed by atoms with Crippen LogP contribution in [-0.2, 0) is 22.4 Å². The Bertz CT molecular complexity index is 1650. The van der Waals surface area contributed by atoms with Crippen LogP contribution in [0.25, 0.3) is 0 Å². The number of phenolic OH excluding ortho intramolecular Hbond substituents is 2. The van der Waals surface area contributed by atoms with Gasteiger partial charge in [0, 0.05) is 35.6 Å². The quantitative estimate of drug-likeness (QED) is 0.155. The molecule has 1 fully saturated rings. The number of aliphatic hydroxyl groups is 4. The molecule has 266 valence electrons. The Labute approximate surface area is 285 Å². The van der Waals surface area contributed by atoms with Crippen molar-refractivity contribution in [3.63, 3.8) is 0 Å². The topological polar surface area (TPSA) is 217 Å². The molecule has 1 saturated heterocycles. The van der Waals surface area contributed by atoms with Crippen LogP contribution in [0.1, 0.15) is 87.7 Å². The number of hydrogen-bond acceptors (Lipinski definition) is 12. The number of methoxy groups -OCH3 is 1. The first-order valence-corrected chi connectivity index (χ1v) is 16.2. The molecule has 5 atom stereocenters. The van der Waals surface area contributed by atoms with E-state index in [9.17, 15) is 34.8 Å². The molecule has 4 unspecified atom stereocenters. The van der Waals surface area contributed by atoms with Gasteiger partial charge in [0.15, 0.2) is 17.9 Å². The van der Waals surface area contributed by atoms with Crippen molar-refractivity contribution in [3.05, 3.63) is 87.0 Å². The molecule has 8 N–H and O–H groups in total. The predicted octanol–water partition coefficient (Wildman–Crippen LogP) is 2.79. The van der Waals surface area contributed by atoms with E-state index in [-0.39, 0.29) is 70.5 Å². The van der Waals surface area contributed by atoms with Crippen molar-refractivity contribution in [2.75, 3.05) is 13.7 Å². The zero-order valence-corrected chi connectivity index (χ0v) is 28.7. The fourth-order valence-electron chi connectivity index (χ4n) is 5.98. The molecule has 2 aliphatic carbocycles. The van der Waals surface area contributed by atoms with E-state index in [1.165, 1.54) is 36.4 Å². The molecule has 0 saturated carbocycles.